The van der Waals surface area contributed by atoms with E-state index in [1.807, 2.05) is 13.8 Å². The van der Waals surface area contributed by atoms with Crippen LogP contribution in [-0.2, 0) is 9.53 Å². The third kappa shape index (κ3) is 4.29. The van der Waals surface area contributed by atoms with Gasteiger partial charge in [-0.3, -0.25) is 14.4 Å². The Morgan fingerprint density at radius 2 is 1.70 bits per heavy atom. The SMILES string of the molecule is Cc1cc(N2C(=O)c3ccc(C(=O)OCC(=O)Nc4cc(C)c(Br)c(C)c4)cc3C2=O)no1. The summed E-state index contributed by atoms with van der Waals surface area (Å²) in [5.41, 5.74) is 2.70. The molecule has 4 rings (SSSR count). The van der Waals surface area contributed by atoms with Gasteiger partial charge in [-0.1, -0.05) is 21.1 Å². The summed E-state index contributed by atoms with van der Waals surface area (Å²) in [5.74, 6) is -1.99. The zero-order chi connectivity index (χ0) is 23.9. The van der Waals surface area contributed by atoms with Crippen LogP contribution in [0.25, 0.3) is 0 Å². The number of carbonyl (C=O) groups excluding carboxylic acids is 4. The molecule has 0 saturated carbocycles. The Bertz CT molecular complexity index is 1310. The van der Waals surface area contributed by atoms with E-state index in [2.05, 4.69) is 26.4 Å². The molecule has 3 amide bonds. The van der Waals surface area contributed by atoms with Crippen molar-refractivity contribution in [2.75, 3.05) is 16.8 Å². The van der Waals surface area contributed by atoms with Crippen molar-refractivity contribution in [1.82, 2.24) is 5.16 Å². The highest BCUT2D eigenvalue weighted by atomic mass is 79.9. The number of hydrogen-bond donors (Lipinski definition) is 1. The van der Waals surface area contributed by atoms with E-state index < -0.39 is 30.3 Å². The third-order valence-electron chi connectivity index (χ3n) is 5.02. The van der Waals surface area contributed by atoms with E-state index in [9.17, 15) is 19.2 Å². The zero-order valence-corrected chi connectivity index (χ0v) is 19.5. The molecule has 3 aromatic rings. The molecule has 1 aliphatic rings. The maximum absolute atomic E-state index is 12.7. The van der Waals surface area contributed by atoms with E-state index in [-0.39, 0.29) is 22.5 Å². The van der Waals surface area contributed by atoms with Gasteiger partial charge in [-0.05, 0) is 62.2 Å². The van der Waals surface area contributed by atoms with E-state index in [4.69, 9.17) is 9.26 Å². The molecule has 0 bridgehead atoms. The van der Waals surface area contributed by atoms with Crippen molar-refractivity contribution in [3.63, 3.8) is 0 Å². The first-order chi connectivity index (χ1) is 15.7. The molecule has 0 radical (unpaired) electrons. The topological polar surface area (TPSA) is 119 Å². The molecule has 2 aromatic carbocycles. The monoisotopic (exact) mass is 511 g/mol. The molecule has 0 saturated heterocycles. The number of amides is 3. The van der Waals surface area contributed by atoms with Crippen LogP contribution >= 0.6 is 15.9 Å². The number of esters is 1. The number of nitrogens with one attached hydrogen (secondary N) is 1. The second kappa shape index (κ2) is 8.62. The average Bonchev–Trinajstić information content (AvgIpc) is 3.30. The molecule has 0 fully saturated rings. The Morgan fingerprint density at radius 3 is 2.33 bits per heavy atom. The van der Waals surface area contributed by atoms with Gasteiger partial charge in [-0.25, -0.2) is 9.69 Å². The molecule has 0 spiro atoms. The van der Waals surface area contributed by atoms with Gasteiger partial charge in [0.15, 0.2) is 12.4 Å². The predicted molar refractivity (Wildman–Crippen MR) is 121 cm³/mol. The largest absolute Gasteiger partial charge is 0.452 e. The standard InChI is InChI=1S/C23H18BrN3O6/c1-11-6-15(7-12(2)20(11)24)25-19(28)10-32-23(31)14-4-5-16-17(9-14)22(30)27(21(16)29)18-8-13(3)33-26-18/h4-9H,10H2,1-3H3,(H,25,28). The summed E-state index contributed by atoms with van der Waals surface area (Å²) < 4.78 is 11.0. The van der Waals surface area contributed by atoms with Gasteiger partial charge < -0.3 is 14.6 Å². The molecular formula is C23H18BrN3O6. The van der Waals surface area contributed by atoms with Gasteiger partial charge in [-0.15, -0.1) is 0 Å². The van der Waals surface area contributed by atoms with E-state index in [0.29, 0.717) is 11.4 Å². The van der Waals surface area contributed by atoms with Gasteiger partial charge in [0.2, 0.25) is 0 Å². The summed E-state index contributed by atoms with van der Waals surface area (Å²) in [7, 11) is 0. The first-order valence-electron chi connectivity index (χ1n) is 9.85. The van der Waals surface area contributed by atoms with Crippen LogP contribution in [-0.4, -0.2) is 35.5 Å². The van der Waals surface area contributed by atoms with Crippen molar-refractivity contribution >= 4 is 51.1 Å². The molecule has 0 aliphatic carbocycles. The van der Waals surface area contributed by atoms with Crippen LogP contribution in [0.1, 0.15) is 48.0 Å². The van der Waals surface area contributed by atoms with Crippen LogP contribution in [0.4, 0.5) is 11.5 Å². The van der Waals surface area contributed by atoms with E-state index in [1.165, 1.54) is 24.3 Å². The maximum atomic E-state index is 12.7. The smallest absolute Gasteiger partial charge is 0.338 e. The average molecular weight is 512 g/mol. The van der Waals surface area contributed by atoms with Crippen LogP contribution in [0.5, 0.6) is 0 Å². The summed E-state index contributed by atoms with van der Waals surface area (Å²) in [6.07, 6.45) is 0. The molecule has 9 nitrogen and oxygen atoms in total. The first kappa shape index (κ1) is 22.4. The van der Waals surface area contributed by atoms with Crippen LogP contribution in [0.2, 0.25) is 0 Å². The maximum Gasteiger partial charge on any atom is 0.338 e. The van der Waals surface area contributed by atoms with Gasteiger partial charge in [0, 0.05) is 16.2 Å². The van der Waals surface area contributed by atoms with Crippen molar-refractivity contribution in [2.45, 2.75) is 20.8 Å². The number of anilines is 2. The third-order valence-corrected chi connectivity index (χ3v) is 6.27. The Labute approximate surface area is 196 Å². The molecule has 10 heteroatoms. The number of rotatable bonds is 5. The van der Waals surface area contributed by atoms with Gasteiger partial charge >= 0.3 is 5.97 Å². The zero-order valence-electron chi connectivity index (χ0n) is 17.9. The number of benzene rings is 2. The minimum Gasteiger partial charge on any atom is -0.452 e. The number of aromatic nitrogens is 1. The number of carbonyl (C=O) groups is 4. The molecule has 33 heavy (non-hydrogen) atoms. The molecule has 1 aliphatic heterocycles. The van der Waals surface area contributed by atoms with Gasteiger partial charge in [0.1, 0.15) is 5.76 Å². The minimum atomic E-state index is -0.799. The Balaban J connectivity index is 1.43. The summed E-state index contributed by atoms with van der Waals surface area (Å²) in [4.78, 5) is 50.9. The summed E-state index contributed by atoms with van der Waals surface area (Å²) in [6, 6.07) is 9.05. The molecule has 0 unspecified atom stereocenters. The second-order valence-corrected chi connectivity index (χ2v) is 8.34. The number of imide groups is 1. The summed E-state index contributed by atoms with van der Waals surface area (Å²) in [6.45, 7) is 4.93. The number of hydrogen-bond acceptors (Lipinski definition) is 7. The highest BCUT2D eigenvalue weighted by Gasteiger charge is 2.38. The van der Waals surface area contributed by atoms with Gasteiger partial charge in [0.05, 0.1) is 16.7 Å². The second-order valence-electron chi connectivity index (χ2n) is 7.55. The predicted octanol–water partition coefficient (Wildman–Crippen LogP) is 3.96. The lowest BCUT2D eigenvalue weighted by Crippen LogP contribution is -2.29. The van der Waals surface area contributed by atoms with Crippen molar-refractivity contribution in [2.24, 2.45) is 0 Å². The van der Waals surface area contributed by atoms with Crippen molar-refractivity contribution in [3.8, 4) is 0 Å². The number of ether oxygens (including phenoxy) is 1. The van der Waals surface area contributed by atoms with Crippen LogP contribution in [0.3, 0.4) is 0 Å². The van der Waals surface area contributed by atoms with Crippen LogP contribution in [0.15, 0.2) is 45.4 Å². The first-order valence-corrected chi connectivity index (χ1v) is 10.6. The number of fused-ring (bicyclic) bond motifs is 1. The fraction of sp³-hybridized carbons (Fsp3) is 0.174. The van der Waals surface area contributed by atoms with Crippen molar-refractivity contribution in [1.29, 1.82) is 0 Å². The van der Waals surface area contributed by atoms with Crippen LogP contribution in [0, 0.1) is 20.8 Å². The Hall–Kier alpha value is -3.79. The minimum absolute atomic E-state index is 0.0382. The lowest BCUT2D eigenvalue weighted by Gasteiger charge is -2.10. The highest BCUT2D eigenvalue weighted by Crippen LogP contribution is 2.29. The molecular weight excluding hydrogens is 494 g/mol. The number of nitrogens with zero attached hydrogens (tertiary/aromatic N) is 2. The fourth-order valence-electron chi connectivity index (χ4n) is 3.46. The van der Waals surface area contributed by atoms with E-state index in [0.717, 1.165) is 20.5 Å². The van der Waals surface area contributed by atoms with Crippen molar-refractivity contribution in [3.05, 3.63) is 74.4 Å². The van der Waals surface area contributed by atoms with Crippen LogP contribution < -0.4 is 10.2 Å². The van der Waals surface area contributed by atoms with E-state index in [1.54, 1.807) is 19.1 Å². The number of halogens is 1. The lowest BCUT2D eigenvalue weighted by atomic mass is 10.1. The Morgan fingerprint density at radius 1 is 1.03 bits per heavy atom. The molecule has 2 heterocycles. The Kier molecular flexibility index (Phi) is 5.86. The lowest BCUT2D eigenvalue weighted by molar-refractivity contribution is -0.119. The fourth-order valence-corrected chi connectivity index (χ4v) is 3.69. The number of aryl methyl sites for hydroxylation is 3. The molecule has 1 N–H and O–H groups in total. The van der Waals surface area contributed by atoms with Crippen molar-refractivity contribution < 1.29 is 28.4 Å². The normalized spacial score (nSPS) is 12.7. The van der Waals surface area contributed by atoms with Gasteiger partial charge in [0.25, 0.3) is 17.7 Å². The van der Waals surface area contributed by atoms with E-state index >= 15 is 0 Å². The highest BCUT2D eigenvalue weighted by molar-refractivity contribution is 9.10. The molecule has 0 atom stereocenters. The molecule has 1 aromatic heterocycles. The summed E-state index contributed by atoms with van der Waals surface area (Å²) in [5, 5.41) is 6.39. The summed E-state index contributed by atoms with van der Waals surface area (Å²) >= 11 is 3.46. The van der Waals surface area contributed by atoms with Gasteiger partial charge in [-0.2, -0.15) is 0 Å². The molecule has 168 valence electrons. The quantitative estimate of drug-likeness (QED) is 0.406.